The molecule has 0 saturated carbocycles. The average molecular weight is 436 g/mol. The summed E-state index contributed by atoms with van der Waals surface area (Å²) in [5, 5.41) is 0. The molecule has 1 amide bonds. The van der Waals surface area contributed by atoms with Gasteiger partial charge in [0, 0.05) is 29.0 Å². The number of likely N-dealkylation sites (tertiary alicyclic amines) is 1. The molecular weight excluding hydrogens is 402 g/mol. The van der Waals surface area contributed by atoms with E-state index in [1.807, 2.05) is 17.4 Å². The third-order valence-corrected chi connectivity index (χ3v) is 7.66. The van der Waals surface area contributed by atoms with Crippen LogP contribution in [0, 0.1) is 18.3 Å². The largest absolute Gasteiger partial charge is 0.445 e. The monoisotopic (exact) mass is 435 g/mol. The topological polar surface area (TPSA) is 56.1 Å². The van der Waals surface area contributed by atoms with E-state index in [9.17, 15) is 4.79 Å². The fraction of sp³-hybridized carbons (Fsp3) is 0.619. The van der Waals surface area contributed by atoms with Gasteiger partial charge in [0.2, 0.25) is 0 Å². The molecule has 0 radical (unpaired) electrons. The molecule has 0 aliphatic carbocycles. The maximum absolute atomic E-state index is 13.1. The van der Waals surface area contributed by atoms with Crippen LogP contribution in [-0.4, -0.2) is 48.3 Å². The van der Waals surface area contributed by atoms with E-state index in [1.165, 1.54) is 10.6 Å². The second-order valence-electron chi connectivity index (χ2n) is 9.13. The Morgan fingerprint density at radius 2 is 2.17 bits per heavy atom. The van der Waals surface area contributed by atoms with Crippen LogP contribution in [0.25, 0.3) is 4.83 Å². The van der Waals surface area contributed by atoms with Crippen LogP contribution in [0.5, 0.6) is 0 Å². The fourth-order valence-corrected chi connectivity index (χ4v) is 6.18. The Labute approximate surface area is 179 Å². The number of hydrogen-bond acceptors (Lipinski definition) is 5. The van der Waals surface area contributed by atoms with Crippen molar-refractivity contribution < 1.29 is 14.0 Å². The van der Waals surface area contributed by atoms with Crippen LogP contribution in [0.1, 0.15) is 37.8 Å². The second-order valence-corrected chi connectivity index (χ2v) is 12.6. The van der Waals surface area contributed by atoms with Crippen molar-refractivity contribution in [1.82, 2.24) is 14.3 Å². The minimum absolute atomic E-state index is 0.0289. The van der Waals surface area contributed by atoms with Gasteiger partial charge in [0.25, 0.3) is 0 Å². The number of ether oxygens (including phenoxy) is 1. The Bertz CT molecular complexity index is 870. The molecule has 3 atom stereocenters. The van der Waals surface area contributed by atoms with Gasteiger partial charge in [-0.1, -0.05) is 33.4 Å². The average Bonchev–Trinajstić information content (AvgIpc) is 3.29. The zero-order chi connectivity index (χ0) is 21.3. The predicted molar refractivity (Wildman–Crippen MR) is 120 cm³/mol. The highest BCUT2D eigenvalue weighted by Crippen LogP contribution is 2.44. The van der Waals surface area contributed by atoms with Crippen LogP contribution < -0.4 is 0 Å². The summed E-state index contributed by atoms with van der Waals surface area (Å²) < 4.78 is 14.0. The van der Waals surface area contributed by atoms with E-state index < -0.39 is 9.04 Å². The van der Waals surface area contributed by atoms with Crippen molar-refractivity contribution in [3.63, 3.8) is 0 Å². The Balaban J connectivity index is 1.94. The number of aryl methyl sites for hydroxylation is 1. The van der Waals surface area contributed by atoms with Gasteiger partial charge in [-0.3, -0.25) is 9.30 Å². The molecule has 0 aromatic carbocycles. The van der Waals surface area contributed by atoms with Crippen molar-refractivity contribution in [3.8, 4) is 0 Å². The number of fused-ring (bicyclic) bond motifs is 1. The van der Waals surface area contributed by atoms with Crippen LogP contribution >= 0.6 is 11.3 Å². The summed E-state index contributed by atoms with van der Waals surface area (Å²) in [5.41, 5.74) is 1.22. The first-order chi connectivity index (χ1) is 13.6. The molecule has 1 unspecified atom stereocenters. The summed E-state index contributed by atoms with van der Waals surface area (Å²) in [6.07, 6.45) is 6.51. The smallest absolute Gasteiger partial charge is 0.412 e. The van der Waals surface area contributed by atoms with Crippen LogP contribution in [0.3, 0.4) is 0 Å². The molecule has 2 aromatic heterocycles. The quantitative estimate of drug-likeness (QED) is 0.490. The Hall–Kier alpha value is -1.64. The van der Waals surface area contributed by atoms with Gasteiger partial charge >= 0.3 is 6.09 Å². The van der Waals surface area contributed by atoms with Gasteiger partial charge in [0.15, 0.2) is 9.04 Å². The summed E-state index contributed by atoms with van der Waals surface area (Å²) in [5.74, 6) is 0.256. The van der Waals surface area contributed by atoms with Gasteiger partial charge in [-0.05, 0) is 31.9 Å². The van der Waals surface area contributed by atoms with E-state index in [-0.39, 0.29) is 36.3 Å². The van der Waals surface area contributed by atoms with Crippen LogP contribution in [0.4, 0.5) is 4.79 Å². The van der Waals surface area contributed by atoms with Crippen molar-refractivity contribution in [3.05, 3.63) is 35.8 Å². The summed E-state index contributed by atoms with van der Waals surface area (Å²) >= 11 is 1.75. The van der Waals surface area contributed by atoms with E-state index in [0.29, 0.717) is 0 Å². The van der Waals surface area contributed by atoms with Gasteiger partial charge in [-0.2, -0.15) is 0 Å². The highest BCUT2D eigenvalue weighted by Gasteiger charge is 2.49. The predicted octanol–water partition coefficient (Wildman–Crippen LogP) is 4.63. The molecule has 1 saturated heterocycles. The van der Waals surface area contributed by atoms with E-state index in [4.69, 9.17) is 9.16 Å². The number of aromatic nitrogens is 2. The van der Waals surface area contributed by atoms with Gasteiger partial charge in [0.05, 0.1) is 6.20 Å². The first-order valence-corrected chi connectivity index (χ1v) is 13.8. The number of thiazole rings is 1. The second kappa shape index (κ2) is 8.61. The van der Waals surface area contributed by atoms with Gasteiger partial charge in [0.1, 0.15) is 24.0 Å². The third kappa shape index (κ3) is 4.59. The van der Waals surface area contributed by atoms with E-state index in [0.717, 1.165) is 17.7 Å². The molecule has 1 fully saturated rings. The molecule has 3 rings (SSSR count). The first kappa shape index (κ1) is 22.1. The number of imidazole rings is 1. The zero-order valence-corrected chi connectivity index (χ0v) is 20.3. The highest BCUT2D eigenvalue weighted by atomic mass is 32.1. The Morgan fingerprint density at radius 1 is 1.45 bits per heavy atom. The molecule has 8 heteroatoms. The Kier molecular flexibility index (Phi) is 6.55. The number of carbonyl (C=O) groups excluding carboxylic acids is 1. The van der Waals surface area contributed by atoms with Crippen molar-refractivity contribution in [1.29, 1.82) is 0 Å². The summed E-state index contributed by atoms with van der Waals surface area (Å²) in [4.78, 5) is 21.6. The minimum atomic E-state index is -1.36. The molecule has 2 aromatic rings. The lowest BCUT2D eigenvalue weighted by Crippen LogP contribution is -2.47. The lowest BCUT2D eigenvalue weighted by Gasteiger charge is -2.36. The van der Waals surface area contributed by atoms with Crippen LogP contribution in [0.15, 0.2) is 25.2 Å². The maximum Gasteiger partial charge on any atom is 0.412 e. The molecule has 1 aliphatic heterocycles. The van der Waals surface area contributed by atoms with Crippen molar-refractivity contribution in [2.24, 2.45) is 11.3 Å². The standard InChI is InChI=1S/C21H33N3O3SSi/c1-8-9-26-20(25)24-15(10-16(21(3,4)5)19(24)27-29(6)7)11-17-14(2)23-13-22-12-18(23)28-17/h8,12-13,15-16,19,29H,1,9-11H2,2-7H3/t15-,16-,19?/m0/s1. The fourth-order valence-electron chi connectivity index (χ4n) is 4.13. The molecule has 0 bridgehead atoms. The van der Waals surface area contributed by atoms with Crippen LogP contribution in [0.2, 0.25) is 13.1 Å². The molecule has 3 heterocycles. The lowest BCUT2D eigenvalue weighted by atomic mass is 9.78. The number of rotatable bonds is 6. The molecule has 1 aliphatic rings. The third-order valence-electron chi connectivity index (χ3n) is 5.62. The molecule has 160 valence electrons. The molecule has 0 N–H and O–H groups in total. The molecule has 6 nitrogen and oxygen atoms in total. The molecule has 29 heavy (non-hydrogen) atoms. The Morgan fingerprint density at radius 3 is 2.76 bits per heavy atom. The molecule has 0 spiro atoms. The van der Waals surface area contributed by atoms with Crippen molar-refractivity contribution in [2.75, 3.05) is 6.61 Å². The van der Waals surface area contributed by atoms with E-state index >= 15 is 0 Å². The molecular formula is C21H33N3O3SSi. The zero-order valence-electron chi connectivity index (χ0n) is 18.3. The minimum Gasteiger partial charge on any atom is -0.445 e. The van der Waals surface area contributed by atoms with E-state index in [1.54, 1.807) is 17.4 Å². The van der Waals surface area contributed by atoms with Gasteiger partial charge in [-0.15, -0.1) is 11.3 Å². The summed E-state index contributed by atoms with van der Waals surface area (Å²) in [6, 6.07) is 0.0457. The SMILES string of the molecule is C=CCOC(=O)N1C(O[SiH](C)C)[C@@H](C(C)(C)C)C[C@H]1Cc1sc2cncn2c1C. The van der Waals surface area contributed by atoms with Crippen LogP contribution in [-0.2, 0) is 15.6 Å². The number of carbonyl (C=O) groups is 1. The summed E-state index contributed by atoms with van der Waals surface area (Å²) in [6.45, 7) is 17.0. The van der Waals surface area contributed by atoms with Gasteiger partial charge in [-0.25, -0.2) is 9.78 Å². The van der Waals surface area contributed by atoms with E-state index in [2.05, 4.69) is 56.8 Å². The van der Waals surface area contributed by atoms with Crippen molar-refractivity contribution in [2.45, 2.75) is 65.9 Å². The van der Waals surface area contributed by atoms with Crippen molar-refractivity contribution >= 4 is 31.3 Å². The highest BCUT2D eigenvalue weighted by molar-refractivity contribution is 7.17. The normalized spacial score (nSPS) is 22.6. The van der Waals surface area contributed by atoms with Gasteiger partial charge < -0.3 is 9.16 Å². The number of nitrogens with zero attached hydrogens (tertiary/aromatic N) is 3. The number of hydrogen-bond donors (Lipinski definition) is 0. The maximum atomic E-state index is 13.1. The lowest BCUT2D eigenvalue weighted by molar-refractivity contribution is -0.0130. The summed E-state index contributed by atoms with van der Waals surface area (Å²) in [7, 11) is -1.36. The number of amides is 1. The first-order valence-electron chi connectivity index (χ1n) is 10.2.